The number of nitrogens with zero attached hydrogens (tertiary/aromatic N) is 2. The van der Waals surface area contributed by atoms with Crippen LogP contribution in [-0.4, -0.2) is 24.2 Å². The molecule has 0 fully saturated rings. The van der Waals surface area contributed by atoms with Gasteiger partial charge in [0.15, 0.2) is 11.5 Å². The van der Waals surface area contributed by atoms with Gasteiger partial charge in [-0.15, -0.1) is 0 Å². The highest BCUT2D eigenvalue weighted by molar-refractivity contribution is 5.53. The van der Waals surface area contributed by atoms with Crippen LogP contribution in [0.4, 0.5) is 5.82 Å². The van der Waals surface area contributed by atoms with Crippen molar-refractivity contribution in [1.82, 2.24) is 9.97 Å². The topological polar surface area (TPSA) is 91.5 Å². The number of ether oxygens (including phenoxy) is 3. The van der Waals surface area contributed by atoms with Crippen LogP contribution in [0.5, 0.6) is 23.1 Å². The lowest BCUT2D eigenvalue weighted by Gasteiger charge is -2.14. The molecule has 0 radical (unpaired) electrons. The first-order chi connectivity index (χ1) is 10.2. The van der Waals surface area contributed by atoms with E-state index in [9.17, 15) is 0 Å². The first-order valence-corrected chi connectivity index (χ1v) is 6.45. The minimum Gasteiger partial charge on any atom is -0.493 e. The number of nitrogen functional groups attached to an aromatic ring is 1. The highest BCUT2D eigenvalue weighted by atomic mass is 16.5. The SMILES string of the molecule is CCc1nc(NN)cc(Oc2c(OC)cccc2OC)n1. The summed E-state index contributed by atoms with van der Waals surface area (Å²) in [6, 6.07) is 6.98. The van der Waals surface area contributed by atoms with Gasteiger partial charge in [-0.05, 0) is 12.1 Å². The molecule has 0 unspecified atom stereocenters. The molecule has 7 nitrogen and oxygen atoms in total. The molecule has 0 aliphatic heterocycles. The van der Waals surface area contributed by atoms with E-state index < -0.39 is 0 Å². The largest absolute Gasteiger partial charge is 0.493 e. The van der Waals surface area contributed by atoms with Gasteiger partial charge < -0.3 is 19.6 Å². The second kappa shape index (κ2) is 6.76. The van der Waals surface area contributed by atoms with Gasteiger partial charge in [0.1, 0.15) is 11.6 Å². The minimum atomic E-state index is 0.359. The number of nitrogens with two attached hydrogens (primary N) is 1. The van der Waals surface area contributed by atoms with Crippen LogP contribution in [-0.2, 0) is 6.42 Å². The average Bonchev–Trinajstić information content (AvgIpc) is 2.54. The Morgan fingerprint density at radius 3 is 2.33 bits per heavy atom. The van der Waals surface area contributed by atoms with Crippen molar-refractivity contribution in [3.63, 3.8) is 0 Å². The summed E-state index contributed by atoms with van der Waals surface area (Å²) in [4.78, 5) is 8.51. The van der Waals surface area contributed by atoms with Gasteiger partial charge >= 0.3 is 0 Å². The van der Waals surface area contributed by atoms with E-state index in [1.807, 2.05) is 13.0 Å². The molecular formula is C14H18N4O3. The molecule has 0 bridgehead atoms. The molecule has 1 aromatic heterocycles. The van der Waals surface area contributed by atoms with E-state index in [4.69, 9.17) is 20.1 Å². The predicted octanol–water partition coefficient (Wildman–Crippen LogP) is 2.13. The van der Waals surface area contributed by atoms with Gasteiger partial charge in [-0.25, -0.2) is 10.8 Å². The van der Waals surface area contributed by atoms with Crippen molar-refractivity contribution >= 4 is 5.82 Å². The lowest BCUT2D eigenvalue weighted by molar-refractivity contribution is 0.341. The van der Waals surface area contributed by atoms with Crippen molar-refractivity contribution in [3.05, 3.63) is 30.1 Å². The summed E-state index contributed by atoms with van der Waals surface area (Å²) < 4.78 is 16.4. The Hall–Kier alpha value is -2.54. The number of para-hydroxylation sites is 1. The van der Waals surface area contributed by atoms with E-state index in [2.05, 4.69) is 15.4 Å². The number of hydrogen-bond acceptors (Lipinski definition) is 7. The van der Waals surface area contributed by atoms with Crippen LogP contribution in [0, 0.1) is 0 Å². The molecule has 0 saturated heterocycles. The number of anilines is 1. The van der Waals surface area contributed by atoms with Gasteiger partial charge in [0.05, 0.1) is 14.2 Å². The number of hydrogen-bond donors (Lipinski definition) is 2. The number of rotatable bonds is 6. The van der Waals surface area contributed by atoms with Crippen molar-refractivity contribution in [2.75, 3.05) is 19.6 Å². The molecule has 1 heterocycles. The average molecular weight is 290 g/mol. The van der Waals surface area contributed by atoms with Gasteiger partial charge in [0.2, 0.25) is 11.6 Å². The maximum absolute atomic E-state index is 5.81. The summed E-state index contributed by atoms with van der Waals surface area (Å²) in [5.74, 6) is 8.41. The molecule has 0 saturated carbocycles. The standard InChI is InChI=1S/C14H18N4O3/c1-4-11-16-12(18-15)8-13(17-11)21-14-9(19-2)6-5-7-10(14)20-3/h5-8H,4,15H2,1-3H3,(H,16,17,18). The zero-order valence-corrected chi connectivity index (χ0v) is 12.2. The maximum atomic E-state index is 5.81. The van der Waals surface area contributed by atoms with Crippen LogP contribution in [0.2, 0.25) is 0 Å². The summed E-state index contributed by atoms with van der Waals surface area (Å²) in [5, 5.41) is 0. The smallest absolute Gasteiger partial charge is 0.225 e. The van der Waals surface area contributed by atoms with Gasteiger partial charge in [0, 0.05) is 12.5 Å². The second-order valence-corrected chi connectivity index (χ2v) is 4.10. The van der Waals surface area contributed by atoms with E-state index in [0.717, 1.165) is 0 Å². The second-order valence-electron chi connectivity index (χ2n) is 4.10. The van der Waals surface area contributed by atoms with E-state index in [1.54, 1.807) is 32.4 Å². The Morgan fingerprint density at radius 1 is 1.14 bits per heavy atom. The third-order valence-corrected chi connectivity index (χ3v) is 2.80. The summed E-state index contributed by atoms with van der Waals surface area (Å²) in [5.41, 5.74) is 2.49. The van der Waals surface area contributed by atoms with Gasteiger partial charge in [-0.1, -0.05) is 13.0 Å². The first-order valence-electron chi connectivity index (χ1n) is 6.45. The maximum Gasteiger partial charge on any atom is 0.225 e. The minimum absolute atomic E-state index is 0.359. The predicted molar refractivity (Wildman–Crippen MR) is 78.8 cm³/mol. The summed E-state index contributed by atoms with van der Waals surface area (Å²) in [7, 11) is 3.12. The Labute approximate surface area is 123 Å². The Balaban J connectivity index is 2.42. The molecule has 2 aromatic rings. The molecule has 21 heavy (non-hydrogen) atoms. The number of hydrazine groups is 1. The lowest BCUT2D eigenvalue weighted by Crippen LogP contribution is -2.10. The van der Waals surface area contributed by atoms with E-state index >= 15 is 0 Å². The number of aromatic nitrogens is 2. The van der Waals surface area contributed by atoms with Gasteiger partial charge in [0.25, 0.3) is 0 Å². The third kappa shape index (κ3) is 3.32. The molecule has 7 heteroatoms. The molecule has 3 N–H and O–H groups in total. The molecule has 0 spiro atoms. The van der Waals surface area contributed by atoms with Crippen LogP contribution < -0.4 is 25.5 Å². The number of methoxy groups -OCH3 is 2. The Bertz CT molecular complexity index is 575. The third-order valence-electron chi connectivity index (χ3n) is 2.80. The molecule has 0 amide bonds. The molecule has 2 rings (SSSR count). The molecule has 112 valence electrons. The van der Waals surface area contributed by atoms with Crippen molar-refractivity contribution in [2.45, 2.75) is 13.3 Å². The fraction of sp³-hybridized carbons (Fsp3) is 0.286. The Kier molecular flexibility index (Phi) is 4.78. The molecule has 0 atom stereocenters. The van der Waals surface area contributed by atoms with Crippen LogP contribution in [0.1, 0.15) is 12.7 Å². The van der Waals surface area contributed by atoms with E-state index in [0.29, 0.717) is 41.2 Å². The number of aryl methyl sites for hydroxylation is 1. The summed E-state index contributed by atoms with van der Waals surface area (Å²) >= 11 is 0. The fourth-order valence-corrected chi connectivity index (χ4v) is 1.78. The monoisotopic (exact) mass is 290 g/mol. The molecule has 1 aromatic carbocycles. The molecule has 0 aliphatic carbocycles. The van der Waals surface area contributed by atoms with Crippen molar-refractivity contribution in [1.29, 1.82) is 0 Å². The zero-order valence-electron chi connectivity index (χ0n) is 12.2. The normalized spacial score (nSPS) is 10.1. The summed E-state index contributed by atoms with van der Waals surface area (Å²) in [6.07, 6.45) is 0.662. The number of benzene rings is 1. The molecular weight excluding hydrogens is 272 g/mol. The fourth-order valence-electron chi connectivity index (χ4n) is 1.78. The highest BCUT2D eigenvalue weighted by Crippen LogP contribution is 2.39. The van der Waals surface area contributed by atoms with Crippen LogP contribution >= 0.6 is 0 Å². The van der Waals surface area contributed by atoms with Gasteiger partial charge in [-0.2, -0.15) is 4.98 Å². The summed E-state index contributed by atoms with van der Waals surface area (Å²) in [6.45, 7) is 1.95. The van der Waals surface area contributed by atoms with Crippen molar-refractivity contribution in [2.24, 2.45) is 5.84 Å². The van der Waals surface area contributed by atoms with Crippen molar-refractivity contribution in [3.8, 4) is 23.1 Å². The first kappa shape index (κ1) is 14.9. The van der Waals surface area contributed by atoms with E-state index in [-0.39, 0.29) is 0 Å². The van der Waals surface area contributed by atoms with E-state index in [1.165, 1.54) is 0 Å². The zero-order chi connectivity index (χ0) is 15.2. The van der Waals surface area contributed by atoms with Gasteiger partial charge in [-0.3, -0.25) is 0 Å². The molecule has 0 aliphatic rings. The Morgan fingerprint density at radius 2 is 1.81 bits per heavy atom. The van der Waals surface area contributed by atoms with Crippen molar-refractivity contribution < 1.29 is 14.2 Å². The van der Waals surface area contributed by atoms with Crippen LogP contribution in [0.15, 0.2) is 24.3 Å². The highest BCUT2D eigenvalue weighted by Gasteiger charge is 2.14. The van der Waals surface area contributed by atoms with Crippen LogP contribution in [0.3, 0.4) is 0 Å². The lowest BCUT2D eigenvalue weighted by atomic mass is 10.3. The quantitative estimate of drug-likeness (QED) is 0.622. The van der Waals surface area contributed by atoms with Crippen LogP contribution in [0.25, 0.3) is 0 Å². The number of nitrogens with one attached hydrogen (secondary N) is 1.